The fourth-order valence-corrected chi connectivity index (χ4v) is 3.02. The molecule has 19 heavy (non-hydrogen) atoms. The van der Waals surface area contributed by atoms with Gasteiger partial charge in [-0.05, 0) is 36.8 Å². The maximum absolute atomic E-state index is 13.9. The second-order valence-electron chi connectivity index (χ2n) is 6.30. The zero-order chi connectivity index (χ0) is 14.1. The van der Waals surface area contributed by atoms with Crippen molar-refractivity contribution in [1.29, 1.82) is 0 Å². The number of nitrogens with one attached hydrogen (secondary N) is 1. The highest BCUT2D eigenvalue weighted by Gasteiger charge is 2.42. The summed E-state index contributed by atoms with van der Waals surface area (Å²) in [4.78, 5) is 0. The second-order valence-corrected chi connectivity index (χ2v) is 6.30. The van der Waals surface area contributed by atoms with Gasteiger partial charge in [-0.3, -0.25) is 0 Å². The van der Waals surface area contributed by atoms with Crippen molar-refractivity contribution in [3.63, 3.8) is 0 Å². The van der Waals surface area contributed by atoms with Gasteiger partial charge in [-0.25, -0.2) is 4.39 Å². The van der Waals surface area contributed by atoms with Crippen LogP contribution in [-0.2, 0) is 0 Å². The van der Waals surface area contributed by atoms with Gasteiger partial charge in [-0.1, -0.05) is 13.8 Å². The Bertz CT molecular complexity index is 461. The number of hydrogen-bond acceptors (Lipinski definition) is 3. The van der Waals surface area contributed by atoms with Gasteiger partial charge in [0, 0.05) is 12.6 Å². The normalized spacial score (nSPS) is 25.3. The Morgan fingerprint density at radius 3 is 2.63 bits per heavy atom. The number of nitrogens with two attached hydrogens (primary N) is 1. The van der Waals surface area contributed by atoms with Crippen LogP contribution in [0.15, 0.2) is 18.2 Å². The number of ether oxygens (including phenoxy) is 1. The third kappa shape index (κ3) is 3.00. The van der Waals surface area contributed by atoms with Crippen molar-refractivity contribution in [2.75, 3.05) is 19.0 Å². The van der Waals surface area contributed by atoms with Crippen LogP contribution in [0.1, 0.15) is 33.1 Å². The lowest BCUT2D eigenvalue weighted by Crippen LogP contribution is -2.44. The highest BCUT2D eigenvalue weighted by molar-refractivity contribution is 5.52. The van der Waals surface area contributed by atoms with Gasteiger partial charge in [0.2, 0.25) is 0 Å². The van der Waals surface area contributed by atoms with Crippen molar-refractivity contribution in [2.45, 2.75) is 38.6 Å². The summed E-state index contributed by atoms with van der Waals surface area (Å²) >= 11 is 0. The molecular weight excluding hydrogens is 243 g/mol. The minimum atomic E-state index is -0.265. The first-order valence-electron chi connectivity index (χ1n) is 6.72. The molecule has 2 rings (SSSR count). The van der Waals surface area contributed by atoms with Gasteiger partial charge < -0.3 is 15.8 Å². The quantitative estimate of drug-likeness (QED) is 0.880. The molecule has 1 unspecified atom stereocenters. The first-order valence-corrected chi connectivity index (χ1v) is 6.72. The highest BCUT2D eigenvalue weighted by atomic mass is 19.1. The Balaban J connectivity index is 2.24. The molecule has 1 fully saturated rings. The molecule has 0 spiro atoms. The van der Waals surface area contributed by atoms with Crippen LogP contribution in [0.25, 0.3) is 0 Å². The van der Waals surface area contributed by atoms with Crippen LogP contribution in [0.5, 0.6) is 5.75 Å². The van der Waals surface area contributed by atoms with Crippen molar-refractivity contribution in [1.82, 2.24) is 0 Å². The Labute approximate surface area is 114 Å². The van der Waals surface area contributed by atoms with E-state index in [2.05, 4.69) is 19.2 Å². The Kier molecular flexibility index (Phi) is 3.72. The van der Waals surface area contributed by atoms with Gasteiger partial charge in [0.15, 0.2) is 0 Å². The van der Waals surface area contributed by atoms with Crippen molar-refractivity contribution >= 4 is 5.69 Å². The summed E-state index contributed by atoms with van der Waals surface area (Å²) in [5.41, 5.74) is 6.46. The van der Waals surface area contributed by atoms with Crippen LogP contribution in [-0.4, -0.2) is 19.2 Å². The number of benzene rings is 1. The minimum absolute atomic E-state index is 0.212. The van der Waals surface area contributed by atoms with Crippen molar-refractivity contribution in [2.24, 2.45) is 11.1 Å². The average Bonchev–Trinajstić information content (AvgIpc) is 2.68. The molecule has 106 valence electrons. The molecule has 1 aromatic rings. The molecule has 0 radical (unpaired) electrons. The summed E-state index contributed by atoms with van der Waals surface area (Å²) in [6.07, 6.45) is 3.02. The lowest BCUT2D eigenvalue weighted by atomic mass is 9.87. The first kappa shape index (κ1) is 14.1. The van der Waals surface area contributed by atoms with Gasteiger partial charge in [-0.2, -0.15) is 0 Å². The maximum atomic E-state index is 13.9. The van der Waals surface area contributed by atoms with Gasteiger partial charge >= 0.3 is 0 Å². The van der Waals surface area contributed by atoms with E-state index in [-0.39, 0.29) is 16.8 Å². The zero-order valence-corrected chi connectivity index (χ0v) is 11.9. The molecule has 0 aromatic heterocycles. The molecule has 1 atom stereocenters. The van der Waals surface area contributed by atoms with Crippen molar-refractivity contribution < 1.29 is 9.13 Å². The van der Waals surface area contributed by atoms with Gasteiger partial charge in [0.1, 0.15) is 11.6 Å². The second kappa shape index (κ2) is 5.00. The van der Waals surface area contributed by atoms with Crippen LogP contribution < -0.4 is 15.8 Å². The first-order chi connectivity index (χ1) is 8.90. The fraction of sp³-hybridized carbons (Fsp3) is 0.600. The number of hydrogen-bond donors (Lipinski definition) is 2. The lowest BCUT2D eigenvalue weighted by Gasteiger charge is -2.32. The Morgan fingerprint density at radius 2 is 2.11 bits per heavy atom. The predicted octanol–water partition coefficient (Wildman–Crippen LogP) is 3.15. The van der Waals surface area contributed by atoms with Gasteiger partial charge in [0.05, 0.1) is 18.3 Å². The predicted molar refractivity (Wildman–Crippen MR) is 76.0 cm³/mol. The van der Waals surface area contributed by atoms with Crippen LogP contribution in [0.4, 0.5) is 10.1 Å². The standard InChI is InChI=1S/C15H23FN2O/c1-14(2)6-7-15(9-14,10-17)18-13-8-11(19-3)4-5-12(13)16/h4-5,8,18H,6-7,9-10,17H2,1-3H3. The van der Waals surface area contributed by atoms with Gasteiger partial charge in [-0.15, -0.1) is 0 Å². The Hall–Kier alpha value is -1.29. The molecule has 3 N–H and O–H groups in total. The van der Waals surface area contributed by atoms with E-state index in [1.54, 1.807) is 19.2 Å². The number of halogens is 1. The van der Waals surface area contributed by atoms with Crippen molar-refractivity contribution in [3.05, 3.63) is 24.0 Å². The smallest absolute Gasteiger partial charge is 0.146 e. The van der Waals surface area contributed by atoms with E-state index in [1.807, 2.05) is 0 Å². The minimum Gasteiger partial charge on any atom is -0.497 e. The number of rotatable bonds is 4. The summed E-state index contributed by atoms with van der Waals surface area (Å²) in [5.74, 6) is 0.381. The third-order valence-electron chi connectivity index (χ3n) is 4.06. The molecule has 1 aliphatic rings. The van der Waals surface area contributed by atoms with E-state index < -0.39 is 0 Å². The maximum Gasteiger partial charge on any atom is 0.146 e. The largest absolute Gasteiger partial charge is 0.497 e. The highest BCUT2D eigenvalue weighted by Crippen LogP contribution is 2.45. The monoisotopic (exact) mass is 266 g/mol. The molecule has 1 aromatic carbocycles. The SMILES string of the molecule is COc1ccc(F)c(NC2(CN)CCC(C)(C)C2)c1. The van der Waals surface area contributed by atoms with Crippen LogP contribution in [0, 0.1) is 11.2 Å². The zero-order valence-electron chi connectivity index (χ0n) is 11.9. The topological polar surface area (TPSA) is 47.3 Å². The molecular formula is C15H23FN2O. The van der Waals surface area contributed by atoms with Crippen LogP contribution in [0.2, 0.25) is 0 Å². The van der Waals surface area contributed by atoms with Crippen LogP contribution in [0.3, 0.4) is 0 Å². The van der Waals surface area contributed by atoms with Crippen molar-refractivity contribution in [3.8, 4) is 5.75 Å². The molecule has 0 heterocycles. The molecule has 4 heteroatoms. The number of methoxy groups -OCH3 is 1. The average molecular weight is 266 g/mol. The molecule has 0 amide bonds. The lowest BCUT2D eigenvalue weighted by molar-refractivity contribution is 0.350. The molecule has 1 saturated carbocycles. The fourth-order valence-electron chi connectivity index (χ4n) is 3.02. The number of anilines is 1. The van der Waals surface area contributed by atoms with E-state index in [4.69, 9.17) is 10.5 Å². The molecule has 0 bridgehead atoms. The van der Waals surface area contributed by atoms with E-state index in [9.17, 15) is 4.39 Å². The summed E-state index contributed by atoms with van der Waals surface area (Å²) in [6, 6.07) is 4.73. The van der Waals surface area contributed by atoms with E-state index in [1.165, 1.54) is 6.07 Å². The van der Waals surface area contributed by atoms with E-state index in [0.29, 0.717) is 18.0 Å². The van der Waals surface area contributed by atoms with Crippen LogP contribution >= 0.6 is 0 Å². The molecule has 0 aliphatic heterocycles. The Morgan fingerprint density at radius 1 is 1.37 bits per heavy atom. The molecule has 3 nitrogen and oxygen atoms in total. The third-order valence-corrected chi connectivity index (χ3v) is 4.06. The summed E-state index contributed by atoms with van der Waals surface area (Å²) in [5, 5.41) is 3.32. The van der Waals surface area contributed by atoms with E-state index in [0.717, 1.165) is 19.3 Å². The summed E-state index contributed by atoms with van der Waals surface area (Å²) in [6.45, 7) is 4.97. The molecule has 1 aliphatic carbocycles. The van der Waals surface area contributed by atoms with E-state index >= 15 is 0 Å². The molecule has 0 saturated heterocycles. The van der Waals surface area contributed by atoms with Gasteiger partial charge in [0.25, 0.3) is 0 Å². The summed E-state index contributed by atoms with van der Waals surface area (Å²) in [7, 11) is 1.58. The summed E-state index contributed by atoms with van der Waals surface area (Å²) < 4.78 is 19.0.